The second-order valence-electron chi connectivity index (χ2n) is 6.20. The molecule has 0 atom stereocenters. The van der Waals surface area contributed by atoms with E-state index in [9.17, 15) is 17.2 Å². The second kappa shape index (κ2) is 7.12. The Kier molecular flexibility index (Phi) is 5.05. The molecule has 1 aliphatic rings. The molecule has 0 amide bonds. The summed E-state index contributed by atoms with van der Waals surface area (Å²) in [7, 11) is -3.18. The summed E-state index contributed by atoms with van der Waals surface area (Å²) in [4.78, 5) is 8.29. The number of halogens is 2. The van der Waals surface area contributed by atoms with Gasteiger partial charge in [-0.25, -0.2) is 26.5 Å². The molecule has 0 aliphatic carbocycles. The van der Waals surface area contributed by atoms with E-state index in [0.717, 1.165) is 12.1 Å². The molecule has 1 fully saturated rings. The normalized spacial score (nSPS) is 16.6. The van der Waals surface area contributed by atoms with Crippen LogP contribution in [0.3, 0.4) is 0 Å². The Morgan fingerprint density at radius 1 is 1.23 bits per heavy atom. The van der Waals surface area contributed by atoms with E-state index < -0.39 is 21.7 Å². The number of benzene rings is 1. The molecule has 0 spiro atoms. The summed E-state index contributed by atoms with van der Waals surface area (Å²) in [5.74, 6) is -1.06. The van der Waals surface area contributed by atoms with Crippen LogP contribution in [-0.2, 0) is 10.0 Å². The summed E-state index contributed by atoms with van der Waals surface area (Å²) in [5, 5.41) is 3.12. The molecule has 0 unspecified atom stereocenters. The van der Waals surface area contributed by atoms with Crippen molar-refractivity contribution < 1.29 is 17.2 Å². The lowest BCUT2D eigenvalue weighted by Gasteiger charge is -2.30. The Labute approximate surface area is 150 Å². The molecule has 3 rings (SSSR count). The number of sulfonamides is 1. The van der Waals surface area contributed by atoms with Crippen LogP contribution >= 0.6 is 0 Å². The van der Waals surface area contributed by atoms with Crippen molar-refractivity contribution in [2.75, 3.05) is 30.4 Å². The molecule has 7 nitrogen and oxygen atoms in total. The highest BCUT2D eigenvalue weighted by Gasteiger charge is 2.25. The summed E-state index contributed by atoms with van der Waals surface area (Å²) < 4.78 is 51.4. The fraction of sp³-hybridized carbons (Fsp3) is 0.375. The molecule has 1 saturated heterocycles. The van der Waals surface area contributed by atoms with Gasteiger partial charge in [0.05, 0.1) is 6.26 Å². The molecular weight excluding hydrogens is 364 g/mol. The van der Waals surface area contributed by atoms with Crippen molar-refractivity contribution >= 4 is 21.8 Å². The number of nitrogen functional groups attached to an aromatic ring is 1. The topological polar surface area (TPSA) is 101 Å². The number of nitrogens with zero attached hydrogens (tertiary/aromatic N) is 3. The monoisotopic (exact) mass is 383 g/mol. The molecule has 2 heterocycles. The molecule has 0 bridgehead atoms. The van der Waals surface area contributed by atoms with Crippen LogP contribution in [0, 0.1) is 11.6 Å². The first-order chi connectivity index (χ1) is 12.2. The van der Waals surface area contributed by atoms with Crippen molar-refractivity contribution in [2.45, 2.75) is 18.9 Å². The summed E-state index contributed by atoms with van der Waals surface area (Å²) >= 11 is 0. The van der Waals surface area contributed by atoms with Gasteiger partial charge in [-0.2, -0.15) is 4.98 Å². The van der Waals surface area contributed by atoms with Crippen LogP contribution in [0.25, 0.3) is 11.1 Å². The van der Waals surface area contributed by atoms with Crippen LogP contribution in [0.15, 0.2) is 24.4 Å². The number of piperidine rings is 1. The minimum absolute atomic E-state index is 0.0146. The first-order valence-electron chi connectivity index (χ1n) is 8.03. The van der Waals surface area contributed by atoms with E-state index in [1.54, 1.807) is 0 Å². The zero-order valence-electron chi connectivity index (χ0n) is 14.1. The average Bonchev–Trinajstić information content (AvgIpc) is 2.56. The van der Waals surface area contributed by atoms with E-state index in [-0.39, 0.29) is 28.9 Å². The third-order valence-corrected chi connectivity index (χ3v) is 5.60. The Morgan fingerprint density at radius 3 is 2.50 bits per heavy atom. The maximum atomic E-state index is 13.9. The molecule has 26 heavy (non-hydrogen) atoms. The van der Waals surface area contributed by atoms with Gasteiger partial charge in [0.1, 0.15) is 17.5 Å². The van der Waals surface area contributed by atoms with E-state index in [4.69, 9.17) is 5.73 Å². The van der Waals surface area contributed by atoms with Gasteiger partial charge in [0, 0.05) is 42.5 Å². The molecule has 1 aliphatic heterocycles. The van der Waals surface area contributed by atoms with Crippen molar-refractivity contribution in [3.63, 3.8) is 0 Å². The van der Waals surface area contributed by atoms with Crippen LogP contribution in [0.5, 0.6) is 0 Å². The summed E-state index contributed by atoms with van der Waals surface area (Å²) in [5.41, 5.74) is 6.31. The molecule has 140 valence electrons. The average molecular weight is 383 g/mol. The number of nitrogens with two attached hydrogens (primary N) is 1. The molecule has 2 aromatic rings. The van der Waals surface area contributed by atoms with Gasteiger partial charge in [-0.15, -0.1) is 0 Å². The number of hydrogen-bond donors (Lipinski definition) is 2. The van der Waals surface area contributed by atoms with Gasteiger partial charge in [0.25, 0.3) is 0 Å². The second-order valence-corrected chi connectivity index (χ2v) is 8.18. The van der Waals surface area contributed by atoms with Crippen LogP contribution < -0.4 is 11.1 Å². The number of rotatable bonds is 4. The third-order valence-electron chi connectivity index (χ3n) is 4.30. The molecule has 0 saturated carbocycles. The highest BCUT2D eigenvalue weighted by molar-refractivity contribution is 7.88. The first-order valence-corrected chi connectivity index (χ1v) is 9.88. The summed E-state index contributed by atoms with van der Waals surface area (Å²) in [6, 6.07) is 3.21. The quantitative estimate of drug-likeness (QED) is 0.835. The van der Waals surface area contributed by atoms with E-state index in [0.29, 0.717) is 25.9 Å². The molecule has 1 aromatic heterocycles. The van der Waals surface area contributed by atoms with E-state index in [2.05, 4.69) is 15.3 Å². The van der Waals surface area contributed by atoms with Crippen molar-refractivity contribution in [1.29, 1.82) is 0 Å². The van der Waals surface area contributed by atoms with Crippen LogP contribution in [0.4, 0.5) is 20.5 Å². The van der Waals surface area contributed by atoms with Crippen molar-refractivity contribution in [1.82, 2.24) is 14.3 Å². The minimum Gasteiger partial charge on any atom is -0.383 e. The lowest BCUT2D eigenvalue weighted by Crippen LogP contribution is -2.42. The van der Waals surface area contributed by atoms with E-state index in [1.165, 1.54) is 22.8 Å². The van der Waals surface area contributed by atoms with Crippen molar-refractivity contribution in [3.8, 4) is 11.1 Å². The summed E-state index contributed by atoms with van der Waals surface area (Å²) in [6.45, 7) is 0.843. The smallest absolute Gasteiger partial charge is 0.224 e. The number of aromatic nitrogens is 2. The highest BCUT2D eigenvalue weighted by atomic mass is 32.2. The Balaban J connectivity index is 1.71. The van der Waals surface area contributed by atoms with Gasteiger partial charge in [-0.1, -0.05) is 0 Å². The van der Waals surface area contributed by atoms with Crippen molar-refractivity contribution in [3.05, 3.63) is 36.0 Å². The largest absolute Gasteiger partial charge is 0.383 e. The van der Waals surface area contributed by atoms with Gasteiger partial charge in [-0.05, 0) is 25.0 Å². The third kappa shape index (κ3) is 4.07. The molecule has 1 aromatic carbocycles. The van der Waals surface area contributed by atoms with Gasteiger partial charge >= 0.3 is 0 Å². The number of nitrogens with one attached hydrogen (secondary N) is 1. The van der Waals surface area contributed by atoms with Gasteiger partial charge in [0.15, 0.2) is 0 Å². The predicted molar refractivity (Wildman–Crippen MR) is 94.9 cm³/mol. The molecule has 3 N–H and O–H groups in total. The Hall–Kier alpha value is -2.33. The number of anilines is 2. The van der Waals surface area contributed by atoms with Crippen LogP contribution in [0.2, 0.25) is 0 Å². The van der Waals surface area contributed by atoms with Gasteiger partial charge < -0.3 is 11.1 Å². The van der Waals surface area contributed by atoms with E-state index in [1.807, 2.05) is 0 Å². The van der Waals surface area contributed by atoms with Gasteiger partial charge in [0.2, 0.25) is 16.0 Å². The fourth-order valence-electron chi connectivity index (χ4n) is 2.89. The maximum absolute atomic E-state index is 13.9. The highest BCUT2D eigenvalue weighted by Crippen LogP contribution is 2.28. The lowest BCUT2D eigenvalue weighted by atomic mass is 10.1. The standard InChI is InChI=1S/C16H19F2N5O2S/c1-26(24,25)23-6-4-11(5-7-23)21-16-20-9-13(15(19)22-16)12-3-2-10(17)8-14(12)18/h2-3,8-9,11H,4-7H2,1H3,(H3,19,20,21,22). The minimum atomic E-state index is -3.18. The predicted octanol–water partition coefficient (Wildman–Crippen LogP) is 1.84. The van der Waals surface area contributed by atoms with Crippen molar-refractivity contribution in [2.24, 2.45) is 0 Å². The SMILES string of the molecule is CS(=O)(=O)N1CCC(Nc2ncc(-c3ccc(F)cc3F)c(N)n2)CC1. The Bertz CT molecular complexity index is 915. The number of hydrogen-bond acceptors (Lipinski definition) is 6. The van der Waals surface area contributed by atoms with Crippen LogP contribution in [0.1, 0.15) is 12.8 Å². The summed E-state index contributed by atoms with van der Waals surface area (Å²) in [6.07, 6.45) is 3.81. The Morgan fingerprint density at radius 2 is 1.92 bits per heavy atom. The maximum Gasteiger partial charge on any atom is 0.224 e. The molecule has 10 heteroatoms. The molecular formula is C16H19F2N5O2S. The van der Waals surface area contributed by atoms with E-state index >= 15 is 0 Å². The zero-order valence-corrected chi connectivity index (χ0v) is 14.9. The van der Waals surface area contributed by atoms with Crippen LogP contribution in [-0.4, -0.2) is 48.1 Å². The zero-order chi connectivity index (χ0) is 18.9. The first kappa shape index (κ1) is 18.5. The van der Waals surface area contributed by atoms with Gasteiger partial charge in [-0.3, -0.25) is 0 Å². The molecule has 0 radical (unpaired) electrons. The fourth-order valence-corrected chi connectivity index (χ4v) is 3.77. The lowest BCUT2D eigenvalue weighted by molar-refractivity contribution is 0.331.